The van der Waals surface area contributed by atoms with Gasteiger partial charge in [0.25, 0.3) is 5.91 Å². The highest BCUT2D eigenvalue weighted by Gasteiger charge is 2.27. The van der Waals surface area contributed by atoms with Crippen molar-refractivity contribution in [3.63, 3.8) is 0 Å². The molecule has 2 aromatic carbocycles. The minimum atomic E-state index is -3.58. The zero-order valence-corrected chi connectivity index (χ0v) is 18.3. The fourth-order valence-corrected chi connectivity index (χ4v) is 4.92. The third-order valence-corrected chi connectivity index (χ3v) is 6.84. The zero-order valence-electron chi connectivity index (χ0n) is 16.7. The van der Waals surface area contributed by atoms with E-state index in [1.165, 1.54) is 36.7 Å². The van der Waals surface area contributed by atoms with Crippen LogP contribution in [-0.4, -0.2) is 52.5 Å². The number of ether oxygens (including phenoxy) is 3. The van der Waals surface area contributed by atoms with Gasteiger partial charge in [-0.25, -0.2) is 8.42 Å². The van der Waals surface area contributed by atoms with Crippen LogP contribution >= 0.6 is 11.6 Å². The molecule has 0 spiro atoms. The Hall–Kier alpha value is -2.49. The molecule has 0 aliphatic carbocycles. The normalized spacial score (nSPS) is 14.4. The molecule has 0 aromatic heterocycles. The predicted molar refractivity (Wildman–Crippen MR) is 113 cm³/mol. The first-order chi connectivity index (χ1) is 14.3. The molecule has 1 heterocycles. The molecule has 1 fully saturated rings. The van der Waals surface area contributed by atoms with Crippen molar-refractivity contribution in [3.8, 4) is 17.2 Å². The highest BCUT2D eigenvalue weighted by Crippen LogP contribution is 2.31. The molecule has 3 rings (SSSR count). The predicted octanol–water partition coefficient (Wildman–Crippen LogP) is 3.16. The number of carbonyl (C=O) groups is 1. The van der Waals surface area contributed by atoms with Gasteiger partial charge in [-0.1, -0.05) is 11.6 Å². The van der Waals surface area contributed by atoms with E-state index in [4.69, 9.17) is 25.8 Å². The summed E-state index contributed by atoms with van der Waals surface area (Å²) in [6.07, 6.45) is 1.70. The van der Waals surface area contributed by atoms with Gasteiger partial charge in [-0.05, 0) is 43.2 Å². The van der Waals surface area contributed by atoms with Crippen LogP contribution in [0, 0.1) is 0 Å². The average molecular weight is 455 g/mol. The lowest BCUT2D eigenvalue weighted by Gasteiger charge is -2.16. The molecule has 0 bridgehead atoms. The number of sulfonamides is 1. The molecular formula is C20H23ClN2O6S. The Morgan fingerprint density at radius 1 is 1.07 bits per heavy atom. The van der Waals surface area contributed by atoms with Crippen LogP contribution in [-0.2, 0) is 14.8 Å². The van der Waals surface area contributed by atoms with Gasteiger partial charge in [-0.3, -0.25) is 4.79 Å². The summed E-state index contributed by atoms with van der Waals surface area (Å²) in [5.74, 6) is 0.805. The SMILES string of the molecule is COc1ccc(OC)c(NC(=O)COc2ccc(S(=O)(=O)N3CCCC3)cc2Cl)c1. The monoisotopic (exact) mass is 454 g/mol. The number of benzene rings is 2. The molecule has 8 nitrogen and oxygen atoms in total. The maximum atomic E-state index is 12.6. The van der Waals surface area contributed by atoms with E-state index < -0.39 is 15.9 Å². The maximum Gasteiger partial charge on any atom is 0.262 e. The molecule has 0 unspecified atom stereocenters. The van der Waals surface area contributed by atoms with E-state index >= 15 is 0 Å². The van der Waals surface area contributed by atoms with Crippen molar-refractivity contribution in [2.75, 3.05) is 39.2 Å². The summed E-state index contributed by atoms with van der Waals surface area (Å²) in [4.78, 5) is 12.4. The zero-order chi connectivity index (χ0) is 21.7. The average Bonchev–Trinajstić information content (AvgIpc) is 3.28. The van der Waals surface area contributed by atoms with Crippen LogP contribution in [0.3, 0.4) is 0 Å². The molecule has 30 heavy (non-hydrogen) atoms. The molecule has 0 atom stereocenters. The Bertz CT molecular complexity index is 1020. The van der Waals surface area contributed by atoms with Gasteiger partial charge in [-0.15, -0.1) is 0 Å². The lowest BCUT2D eigenvalue weighted by molar-refractivity contribution is -0.118. The number of rotatable bonds is 8. The van der Waals surface area contributed by atoms with Gasteiger partial charge >= 0.3 is 0 Å². The van der Waals surface area contributed by atoms with Crippen molar-refractivity contribution in [1.29, 1.82) is 0 Å². The van der Waals surface area contributed by atoms with E-state index in [0.717, 1.165) is 12.8 Å². The molecule has 1 amide bonds. The standard InChI is InChI=1S/C20H23ClN2O6S/c1-27-14-5-7-19(28-2)17(11-14)22-20(24)13-29-18-8-6-15(12-16(18)21)30(25,26)23-9-3-4-10-23/h5-8,11-12H,3-4,9-10,13H2,1-2H3,(H,22,24). The second-order valence-corrected chi connectivity index (χ2v) is 8.95. The van der Waals surface area contributed by atoms with Crippen molar-refractivity contribution < 1.29 is 27.4 Å². The number of methoxy groups -OCH3 is 2. The van der Waals surface area contributed by atoms with E-state index in [-0.39, 0.29) is 22.3 Å². The van der Waals surface area contributed by atoms with Crippen molar-refractivity contribution >= 4 is 33.2 Å². The molecule has 1 aliphatic rings. The first-order valence-corrected chi connectivity index (χ1v) is 11.1. The van der Waals surface area contributed by atoms with Crippen LogP contribution in [0.4, 0.5) is 5.69 Å². The number of hydrogen-bond donors (Lipinski definition) is 1. The highest BCUT2D eigenvalue weighted by molar-refractivity contribution is 7.89. The topological polar surface area (TPSA) is 94.2 Å². The van der Waals surface area contributed by atoms with Crippen molar-refractivity contribution in [2.45, 2.75) is 17.7 Å². The summed E-state index contributed by atoms with van der Waals surface area (Å²) in [7, 11) is -0.564. The van der Waals surface area contributed by atoms with Gasteiger partial charge in [-0.2, -0.15) is 4.31 Å². The summed E-state index contributed by atoms with van der Waals surface area (Å²) in [6.45, 7) is 0.691. The molecule has 1 aliphatic heterocycles. The third kappa shape index (κ3) is 4.97. The number of halogens is 1. The smallest absolute Gasteiger partial charge is 0.262 e. The molecule has 0 saturated carbocycles. The first-order valence-electron chi connectivity index (χ1n) is 9.29. The second kappa shape index (κ2) is 9.55. The molecule has 1 saturated heterocycles. The van der Waals surface area contributed by atoms with Crippen molar-refractivity contribution in [2.24, 2.45) is 0 Å². The van der Waals surface area contributed by atoms with E-state index in [2.05, 4.69) is 5.32 Å². The third-order valence-electron chi connectivity index (χ3n) is 4.65. The fourth-order valence-electron chi connectivity index (χ4n) is 3.08. The Labute approximate surface area is 180 Å². The highest BCUT2D eigenvalue weighted by atomic mass is 35.5. The van der Waals surface area contributed by atoms with Crippen LogP contribution in [0.5, 0.6) is 17.2 Å². The summed E-state index contributed by atoms with van der Waals surface area (Å²) in [5.41, 5.74) is 0.434. The van der Waals surface area contributed by atoms with Gasteiger partial charge in [0.1, 0.15) is 17.2 Å². The Kier molecular flexibility index (Phi) is 7.06. The summed E-state index contributed by atoms with van der Waals surface area (Å²) in [5, 5.41) is 2.80. The van der Waals surface area contributed by atoms with Crippen LogP contribution in [0.1, 0.15) is 12.8 Å². The minimum Gasteiger partial charge on any atom is -0.497 e. The van der Waals surface area contributed by atoms with Crippen LogP contribution in [0.15, 0.2) is 41.3 Å². The van der Waals surface area contributed by atoms with Crippen molar-refractivity contribution in [1.82, 2.24) is 4.31 Å². The van der Waals surface area contributed by atoms with Gasteiger partial charge in [0, 0.05) is 19.2 Å². The van der Waals surface area contributed by atoms with Gasteiger partial charge in [0.15, 0.2) is 6.61 Å². The number of anilines is 1. The van der Waals surface area contributed by atoms with E-state index in [1.807, 2.05) is 0 Å². The fraction of sp³-hybridized carbons (Fsp3) is 0.350. The number of carbonyl (C=O) groups excluding carboxylic acids is 1. The van der Waals surface area contributed by atoms with Gasteiger partial charge in [0.2, 0.25) is 10.0 Å². The van der Waals surface area contributed by atoms with Crippen molar-refractivity contribution in [3.05, 3.63) is 41.4 Å². The molecule has 0 radical (unpaired) electrons. The van der Waals surface area contributed by atoms with E-state index in [0.29, 0.717) is 30.3 Å². The Morgan fingerprint density at radius 3 is 2.40 bits per heavy atom. The lowest BCUT2D eigenvalue weighted by atomic mass is 10.2. The van der Waals surface area contributed by atoms with Crippen LogP contribution in [0.25, 0.3) is 0 Å². The second-order valence-electron chi connectivity index (χ2n) is 6.61. The largest absolute Gasteiger partial charge is 0.497 e. The Balaban J connectivity index is 1.65. The van der Waals surface area contributed by atoms with Crippen LogP contribution < -0.4 is 19.5 Å². The number of nitrogens with zero attached hydrogens (tertiary/aromatic N) is 1. The first kappa shape index (κ1) is 22.2. The maximum absolute atomic E-state index is 12.6. The summed E-state index contributed by atoms with van der Waals surface area (Å²) >= 11 is 6.20. The molecular weight excluding hydrogens is 432 g/mol. The Morgan fingerprint density at radius 2 is 1.77 bits per heavy atom. The number of nitrogens with one attached hydrogen (secondary N) is 1. The van der Waals surface area contributed by atoms with Crippen LogP contribution in [0.2, 0.25) is 5.02 Å². The summed E-state index contributed by atoms with van der Waals surface area (Å²) in [6, 6.07) is 9.23. The van der Waals surface area contributed by atoms with E-state index in [9.17, 15) is 13.2 Å². The quantitative estimate of drug-likeness (QED) is 0.658. The number of amides is 1. The lowest BCUT2D eigenvalue weighted by Crippen LogP contribution is -2.27. The van der Waals surface area contributed by atoms with E-state index in [1.54, 1.807) is 18.2 Å². The minimum absolute atomic E-state index is 0.104. The molecule has 1 N–H and O–H groups in total. The molecule has 162 valence electrons. The number of hydrogen-bond acceptors (Lipinski definition) is 6. The molecule has 10 heteroatoms. The molecule has 2 aromatic rings. The summed E-state index contributed by atoms with van der Waals surface area (Å²) < 4.78 is 42.5. The van der Waals surface area contributed by atoms with Gasteiger partial charge in [0.05, 0.1) is 29.8 Å². The van der Waals surface area contributed by atoms with Gasteiger partial charge < -0.3 is 19.5 Å².